The summed E-state index contributed by atoms with van der Waals surface area (Å²) in [4.78, 5) is 37.1. The van der Waals surface area contributed by atoms with Crippen molar-refractivity contribution in [2.75, 3.05) is 16.8 Å². The normalized spacial score (nSPS) is 10.2. The zero-order valence-corrected chi connectivity index (χ0v) is 14.9. The van der Waals surface area contributed by atoms with E-state index < -0.39 is 0 Å². The molecule has 0 aliphatic heterocycles. The molecule has 0 bridgehead atoms. The van der Waals surface area contributed by atoms with Gasteiger partial charge in [0.15, 0.2) is 5.78 Å². The van der Waals surface area contributed by atoms with Gasteiger partial charge in [0.1, 0.15) is 6.54 Å². The van der Waals surface area contributed by atoms with E-state index >= 15 is 0 Å². The van der Waals surface area contributed by atoms with Crippen LogP contribution in [0.15, 0.2) is 42.5 Å². The van der Waals surface area contributed by atoms with Crippen molar-refractivity contribution in [3.63, 3.8) is 0 Å². The summed E-state index contributed by atoms with van der Waals surface area (Å²) in [5.41, 5.74) is 3.92. The van der Waals surface area contributed by atoms with E-state index in [0.29, 0.717) is 11.3 Å². The summed E-state index contributed by atoms with van der Waals surface area (Å²) in [5, 5.41) is 2.75. The van der Waals surface area contributed by atoms with E-state index in [1.165, 1.54) is 18.7 Å². The largest absolute Gasteiger partial charge is 0.325 e. The number of nitrogens with zero attached hydrogens (tertiary/aromatic N) is 1. The zero-order valence-electron chi connectivity index (χ0n) is 14.9. The van der Waals surface area contributed by atoms with Crippen LogP contribution in [0.5, 0.6) is 0 Å². The Hall–Kier alpha value is -2.95. The van der Waals surface area contributed by atoms with E-state index in [2.05, 4.69) is 5.32 Å². The lowest BCUT2D eigenvalue weighted by Crippen LogP contribution is -2.37. The van der Waals surface area contributed by atoms with Gasteiger partial charge in [-0.05, 0) is 56.7 Å². The number of amides is 2. The summed E-state index contributed by atoms with van der Waals surface area (Å²) < 4.78 is 0. The predicted molar refractivity (Wildman–Crippen MR) is 99.0 cm³/mol. The van der Waals surface area contributed by atoms with Crippen LogP contribution < -0.4 is 10.2 Å². The van der Waals surface area contributed by atoms with Gasteiger partial charge < -0.3 is 10.2 Å². The van der Waals surface area contributed by atoms with Crippen molar-refractivity contribution < 1.29 is 14.4 Å². The maximum atomic E-state index is 12.3. The van der Waals surface area contributed by atoms with Crippen LogP contribution >= 0.6 is 0 Å². The lowest BCUT2D eigenvalue weighted by molar-refractivity contribution is -0.120. The van der Waals surface area contributed by atoms with Crippen LogP contribution in [0.3, 0.4) is 0 Å². The van der Waals surface area contributed by atoms with Crippen LogP contribution in [0, 0.1) is 13.8 Å². The Bertz CT molecular complexity index is 810. The topological polar surface area (TPSA) is 66.5 Å². The smallest absolute Gasteiger partial charge is 0.244 e. The van der Waals surface area contributed by atoms with Crippen molar-refractivity contribution >= 4 is 29.0 Å². The molecule has 0 unspecified atom stereocenters. The Morgan fingerprint density at radius 3 is 2.12 bits per heavy atom. The van der Waals surface area contributed by atoms with Gasteiger partial charge in [-0.1, -0.05) is 17.7 Å². The number of anilines is 2. The van der Waals surface area contributed by atoms with Gasteiger partial charge in [0.25, 0.3) is 0 Å². The Morgan fingerprint density at radius 2 is 1.60 bits per heavy atom. The quantitative estimate of drug-likeness (QED) is 0.849. The summed E-state index contributed by atoms with van der Waals surface area (Å²) in [6, 6.07) is 12.4. The summed E-state index contributed by atoms with van der Waals surface area (Å²) in [6.07, 6.45) is 0. The molecule has 2 aromatic rings. The van der Waals surface area contributed by atoms with Crippen LogP contribution in [0.4, 0.5) is 11.4 Å². The highest BCUT2D eigenvalue weighted by Crippen LogP contribution is 2.21. The number of hydrogen-bond acceptors (Lipinski definition) is 3. The first-order valence-electron chi connectivity index (χ1n) is 8.04. The fourth-order valence-corrected chi connectivity index (χ4v) is 2.61. The molecular weight excluding hydrogens is 316 g/mol. The summed E-state index contributed by atoms with van der Waals surface area (Å²) in [7, 11) is 0. The molecule has 0 radical (unpaired) electrons. The Morgan fingerprint density at radius 1 is 0.960 bits per heavy atom. The molecule has 0 fully saturated rings. The van der Waals surface area contributed by atoms with E-state index in [1.807, 2.05) is 32.0 Å². The minimum absolute atomic E-state index is 0.0320. The first-order valence-corrected chi connectivity index (χ1v) is 8.04. The lowest BCUT2D eigenvalue weighted by Gasteiger charge is -2.23. The highest BCUT2D eigenvalue weighted by Gasteiger charge is 2.17. The molecule has 0 aromatic heterocycles. The second kappa shape index (κ2) is 7.75. The monoisotopic (exact) mass is 338 g/mol. The minimum atomic E-state index is -0.300. The molecule has 130 valence electrons. The van der Waals surface area contributed by atoms with Gasteiger partial charge in [-0.15, -0.1) is 0 Å². The molecule has 1 N–H and O–H groups in total. The number of ketones is 1. The third-order valence-corrected chi connectivity index (χ3v) is 3.90. The average Bonchev–Trinajstić information content (AvgIpc) is 2.53. The molecule has 0 aliphatic carbocycles. The molecule has 0 aliphatic rings. The molecule has 0 atom stereocenters. The molecule has 25 heavy (non-hydrogen) atoms. The van der Waals surface area contributed by atoms with Crippen LogP contribution in [-0.4, -0.2) is 24.1 Å². The third kappa shape index (κ3) is 4.76. The van der Waals surface area contributed by atoms with Crippen molar-refractivity contribution in [2.24, 2.45) is 0 Å². The number of carbonyl (C=O) groups excluding carboxylic acids is 3. The van der Waals surface area contributed by atoms with Gasteiger partial charge in [0.2, 0.25) is 11.8 Å². The number of aryl methyl sites for hydroxylation is 2. The number of benzene rings is 2. The predicted octanol–water partition coefficient (Wildman–Crippen LogP) is 3.50. The standard InChI is InChI=1S/C20H22N2O3/c1-13-5-10-19(14(2)11-13)22(16(4)24)12-20(25)21-18-8-6-17(7-9-18)15(3)23/h5-11H,12H2,1-4H3,(H,21,25). The van der Waals surface area contributed by atoms with Crippen LogP contribution in [0.25, 0.3) is 0 Å². The number of carbonyl (C=O) groups is 3. The molecule has 0 saturated carbocycles. The molecule has 2 amide bonds. The summed E-state index contributed by atoms with van der Waals surface area (Å²) >= 11 is 0. The van der Waals surface area contributed by atoms with E-state index in [9.17, 15) is 14.4 Å². The van der Waals surface area contributed by atoms with Gasteiger partial charge in [-0.25, -0.2) is 0 Å². The van der Waals surface area contributed by atoms with Gasteiger partial charge in [0.05, 0.1) is 0 Å². The Balaban J connectivity index is 2.12. The highest BCUT2D eigenvalue weighted by molar-refractivity contribution is 6.02. The molecule has 0 saturated heterocycles. The van der Waals surface area contributed by atoms with Crippen LogP contribution in [-0.2, 0) is 9.59 Å². The van der Waals surface area contributed by atoms with Gasteiger partial charge in [0, 0.05) is 23.9 Å². The third-order valence-electron chi connectivity index (χ3n) is 3.90. The van der Waals surface area contributed by atoms with E-state index in [1.54, 1.807) is 24.3 Å². The molecule has 5 heteroatoms. The fourth-order valence-electron chi connectivity index (χ4n) is 2.61. The average molecular weight is 338 g/mol. The van der Waals surface area contributed by atoms with Crippen LogP contribution in [0.1, 0.15) is 35.3 Å². The second-order valence-electron chi connectivity index (χ2n) is 6.08. The molecule has 2 aromatic carbocycles. The Kier molecular flexibility index (Phi) is 5.70. The first-order chi connectivity index (χ1) is 11.8. The molecular formula is C20H22N2O3. The van der Waals surface area contributed by atoms with Crippen molar-refractivity contribution in [1.29, 1.82) is 0 Å². The van der Waals surface area contributed by atoms with E-state index in [0.717, 1.165) is 16.8 Å². The van der Waals surface area contributed by atoms with Gasteiger partial charge in [-0.2, -0.15) is 0 Å². The molecule has 0 heterocycles. The summed E-state index contributed by atoms with van der Waals surface area (Å²) in [5.74, 6) is -0.532. The van der Waals surface area contributed by atoms with Crippen molar-refractivity contribution in [2.45, 2.75) is 27.7 Å². The molecule has 2 rings (SSSR count). The van der Waals surface area contributed by atoms with Gasteiger partial charge in [-0.3, -0.25) is 14.4 Å². The zero-order chi connectivity index (χ0) is 18.6. The number of hydrogen-bond donors (Lipinski definition) is 1. The molecule has 5 nitrogen and oxygen atoms in total. The fraction of sp³-hybridized carbons (Fsp3) is 0.250. The van der Waals surface area contributed by atoms with Gasteiger partial charge >= 0.3 is 0 Å². The van der Waals surface area contributed by atoms with Crippen molar-refractivity contribution in [1.82, 2.24) is 0 Å². The maximum Gasteiger partial charge on any atom is 0.244 e. The van der Waals surface area contributed by atoms with E-state index in [-0.39, 0.29) is 24.1 Å². The minimum Gasteiger partial charge on any atom is -0.325 e. The Labute approximate surface area is 147 Å². The highest BCUT2D eigenvalue weighted by atomic mass is 16.2. The summed E-state index contributed by atoms with van der Waals surface area (Å²) in [6.45, 7) is 6.74. The number of rotatable bonds is 5. The first kappa shape index (κ1) is 18.4. The van der Waals surface area contributed by atoms with E-state index in [4.69, 9.17) is 0 Å². The maximum absolute atomic E-state index is 12.3. The SMILES string of the molecule is CC(=O)c1ccc(NC(=O)CN(C(C)=O)c2ccc(C)cc2C)cc1. The van der Waals surface area contributed by atoms with Crippen LogP contribution in [0.2, 0.25) is 0 Å². The van der Waals surface area contributed by atoms with Crippen molar-refractivity contribution in [3.05, 3.63) is 59.2 Å². The second-order valence-corrected chi connectivity index (χ2v) is 6.08. The molecule has 0 spiro atoms. The number of nitrogens with one attached hydrogen (secondary N) is 1. The van der Waals surface area contributed by atoms with Crippen molar-refractivity contribution in [3.8, 4) is 0 Å². The lowest BCUT2D eigenvalue weighted by atomic mass is 10.1. The number of Topliss-reactive ketones (excluding diaryl/α,β-unsaturated/α-hetero) is 1.